The van der Waals surface area contributed by atoms with E-state index >= 15 is 0 Å². The zero-order chi connectivity index (χ0) is 19.8. The number of rotatable bonds is 4. The number of aryl methyl sites for hydroxylation is 1. The smallest absolute Gasteiger partial charge is 0.321 e. The van der Waals surface area contributed by atoms with Crippen LogP contribution in [0.5, 0.6) is 6.01 Å². The van der Waals surface area contributed by atoms with E-state index < -0.39 is 0 Å². The van der Waals surface area contributed by atoms with Gasteiger partial charge in [0.05, 0.1) is 16.7 Å². The Balaban J connectivity index is 2.08. The van der Waals surface area contributed by atoms with Gasteiger partial charge < -0.3 is 4.74 Å². The molecule has 28 heavy (non-hydrogen) atoms. The van der Waals surface area contributed by atoms with Crippen LogP contribution in [0, 0.1) is 6.92 Å². The van der Waals surface area contributed by atoms with Gasteiger partial charge in [-0.2, -0.15) is 14.6 Å². The lowest BCUT2D eigenvalue weighted by Gasteiger charge is -2.10. The topological polar surface area (TPSA) is 52.3 Å². The Morgan fingerprint density at radius 3 is 2.36 bits per heavy atom. The van der Waals surface area contributed by atoms with E-state index in [4.69, 9.17) is 33.0 Å². The highest BCUT2D eigenvalue weighted by Crippen LogP contribution is 2.38. The van der Waals surface area contributed by atoms with Gasteiger partial charge in [-0.25, -0.2) is 4.98 Å². The SMILES string of the molecule is Cc1nc(OC(C)C)n2nc(-c3ccccc3Cl)c(-c3ccc(Cl)cc3)c2n1. The molecule has 0 N–H and O–H groups in total. The molecule has 4 rings (SSSR count). The van der Waals surface area contributed by atoms with Crippen LogP contribution in [0.15, 0.2) is 48.5 Å². The second kappa shape index (κ2) is 7.41. The van der Waals surface area contributed by atoms with Crippen LogP contribution in [0.2, 0.25) is 10.0 Å². The number of fused-ring (bicyclic) bond motifs is 1. The lowest BCUT2D eigenvalue weighted by atomic mass is 10.0. The van der Waals surface area contributed by atoms with Crippen molar-refractivity contribution in [1.29, 1.82) is 0 Å². The number of hydrogen-bond acceptors (Lipinski definition) is 4. The summed E-state index contributed by atoms with van der Waals surface area (Å²) in [7, 11) is 0. The number of ether oxygens (including phenoxy) is 1. The number of benzene rings is 2. The standard InChI is InChI=1S/C21H18Cl2N4O/c1-12(2)28-21-25-13(3)24-20-18(14-8-10-15(22)11-9-14)19(26-27(20)21)16-6-4-5-7-17(16)23/h4-12H,1-3H3. The van der Waals surface area contributed by atoms with E-state index in [1.165, 1.54) is 0 Å². The molecule has 0 aliphatic carbocycles. The molecular formula is C21H18Cl2N4O. The maximum Gasteiger partial charge on any atom is 0.321 e. The number of aromatic nitrogens is 4. The van der Waals surface area contributed by atoms with Gasteiger partial charge in [-0.3, -0.25) is 0 Å². The molecule has 2 aromatic heterocycles. The van der Waals surface area contributed by atoms with Crippen molar-refractivity contribution in [3.05, 3.63) is 64.4 Å². The summed E-state index contributed by atoms with van der Waals surface area (Å²) >= 11 is 12.6. The Labute approximate surface area is 172 Å². The average Bonchev–Trinajstić information content (AvgIpc) is 3.01. The number of halogens is 2. The van der Waals surface area contributed by atoms with Gasteiger partial charge in [0, 0.05) is 10.6 Å². The van der Waals surface area contributed by atoms with Crippen molar-refractivity contribution in [2.24, 2.45) is 0 Å². The highest BCUT2D eigenvalue weighted by atomic mass is 35.5. The van der Waals surface area contributed by atoms with Crippen molar-refractivity contribution >= 4 is 28.8 Å². The molecular weight excluding hydrogens is 395 g/mol. The normalized spacial score (nSPS) is 11.4. The minimum atomic E-state index is -0.0514. The molecule has 2 heterocycles. The molecule has 0 saturated carbocycles. The van der Waals surface area contributed by atoms with Crippen molar-refractivity contribution in [2.45, 2.75) is 26.9 Å². The summed E-state index contributed by atoms with van der Waals surface area (Å²) in [4.78, 5) is 9.08. The second-order valence-corrected chi connectivity index (χ2v) is 7.51. The summed E-state index contributed by atoms with van der Waals surface area (Å²) in [6.45, 7) is 5.73. The van der Waals surface area contributed by atoms with Crippen LogP contribution in [0.25, 0.3) is 28.0 Å². The van der Waals surface area contributed by atoms with Gasteiger partial charge in [-0.15, -0.1) is 0 Å². The highest BCUT2D eigenvalue weighted by Gasteiger charge is 2.22. The Morgan fingerprint density at radius 2 is 1.68 bits per heavy atom. The molecule has 142 valence electrons. The Bertz CT molecular complexity index is 1150. The summed E-state index contributed by atoms with van der Waals surface area (Å²) in [6, 6.07) is 15.6. The Morgan fingerprint density at radius 1 is 0.964 bits per heavy atom. The van der Waals surface area contributed by atoms with E-state index in [1.807, 2.05) is 69.3 Å². The van der Waals surface area contributed by atoms with E-state index in [1.54, 1.807) is 4.52 Å². The third kappa shape index (κ3) is 3.43. The van der Waals surface area contributed by atoms with Crippen LogP contribution < -0.4 is 4.74 Å². The highest BCUT2D eigenvalue weighted by molar-refractivity contribution is 6.33. The van der Waals surface area contributed by atoms with Gasteiger partial charge in [-0.05, 0) is 44.5 Å². The summed E-state index contributed by atoms with van der Waals surface area (Å²) in [5.41, 5.74) is 3.96. The Hall–Kier alpha value is -2.63. The molecule has 0 spiro atoms. The van der Waals surface area contributed by atoms with E-state index in [0.29, 0.717) is 33.2 Å². The minimum Gasteiger partial charge on any atom is -0.461 e. The van der Waals surface area contributed by atoms with E-state index in [-0.39, 0.29) is 6.10 Å². The zero-order valence-electron chi connectivity index (χ0n) is 15.6. The fraction of sp³-hybridized carbons (Fsp3) is 0.190. The first-order valence-electron chi connectivity index (χ1n) is 8.89. The van der Waals surface area contributed by atoms with Gasteiger partial charge in [0.2, 0.25) is 0 Å². The van der Waals surface area contributed by atoms with Crippen LogP contribution in [-0.2, 0) is 0 Å². The summed E-state index contributed by atoms with van der Waals surface area (Å²) in [5.74, 6) is 0.601. The summed E-state index contributed by atoms with van der Waals surface area (Å²) < 4.78 is 7.53. The van der Waals surface area contributed by atoms with Crippen molar-refractivity contribution in [3.8, 4) is 28.4 Å². The summed E-state index contributed by atoms with van der Waals surface area (Å²) in [6.07, 6.45) is -0.0514. The van der Waals surface area contributed by atoms with Crippen LogP contribution in [0.1, 0.15) is 19.7 Å². The van der Waals surface area contributed by atoms with Gasteiger partial charge in [0.25, 0.3) is 0 Å². The van der Waals surface area contributed by atoms with Gasteiger partial charge >= 0.3 is 6.01 Å². The van der Waals surface area contributed by atoms with Gasteiger partial charge in [0.1, 0.15) is 11.5 Å². The predicted octanol–water partition coefficient (Wildman–Crippen LogP) is 5.86. The fourth-order valence-electron chi connectivity index (χ4n) is 3.02. The molecule has 5 nitrogen and oxygen atoms in total. The quantitative estimate of drug-likeness (QED) is 0.421. The molecule has 2 aromatic carbocycles. The van der Waals surface area contributed by atoms with E-state index in [9.17, 15) is 0 Å². The summed E-state index contributed by atoms with van der Waals surface area (Å²) in [5, 5.41) is 6.06. The van der Waals surface area contributed by atoms with Crippen molar-refractivity contribution in [1.82, 2.24) is 19.6 Å². The first-order chi connectivity index (χ1) is 13.4. The maximum absolute atomic E-state index is 6.49. The van der Waals surface area contributed by atoms with Crippen molar-refractivity contribution in [2.75, 3.05) is 0 Å². The monoisotopic (exact) mass is 412 g/mol. The van der Waals surface area contributed by atoms with Crippen LogP contribution >= 0.6 is 23.2 Å². The predicted molar refractivity (Wildman–Crippen MR) is 112 cm³/mol. The average molecular weight is 413 g/mol. The molecule has 0 atom stereocenters. The third-order valence-corrected chi connectivity index (χ3v) is 4.75. The third-order valence-electron chi connectivity index (χ3n) is 4.17. The van der Waals surface area contributed by atoms with Crippen LogP contribution in [0.3, 0.4) is 0 Å². The molecule has 0 fully saturated rings. The zero-order valence-corrected chi connectivity index (χ0v) is 17.2. The first kappa shape index (κ1) is 18.7. The van der Waals surface area contributed by atoms with E-state index in [0.717, 1.165) is 16.7 Å². The van der Waals surface area contributed by atoms with E-state index in [2.05, 4.69) is 9.97 Å². The molecule has 4 aromatic rings. The molecule has 7 heteroatoms. The van der Waals surface area contributed by atoms with Crippen molar-refractivity contribution < 1.29 is 4.74 Å². The van der Waals surface area contributed by atoms with Crippen molar-refractivity contribution in [3.63, 3.8) is 0 Å². The Kier molecular flexibility index (Phi) is 4.96. The molecule has 0 aliphatic heterocycles. The largest absolute Gasteiger partial charge is 0.461 e. The molecule has 0 saturated heterocycles. The van der Waals surface area contributed by atoms with Crippen LogP contribution in [-0.4, -0.2) is 25.7 Å². The van der Waals surface area contributed by atoms with Gasteiger partial charge in [0.15, 0.2) is 5.65 Å². The number of nitrogens with zero attached hydrogens (tertiary/aromatic N) is 4. The van der Waals surface area contributed by atoms with Gasteiger partial charge in [-0.1, -0.05) is 53.5 Å². The molecule has 0 unspecified atom stereocenters. The fourth-order valence-corrected chi connectivity index (χ4v) is 3.37. The van der Waals surface area contributed by atoms with Crippen LogP contribution in [0.4, 0.5) is 0 Å². The molecule has 0 bridgehead atoms. The maximum atomic E-state index is 6.49. The first-order valence-corrected chi connectivity index (χ1v) is 9.64. The second-order valence-electron chi connectivity index (χ2n) is 6.67. The lowest BCUT2D eigenvalue weighted by molar-refractivity contribution is 0.214. The number of hydrogen-bond donors (Lipinski definition) is 0. The lowest BCUT2D eigenvalue weighted by Crippen LogP contribution is -2.12. The minimum absolute atomic E-state index is 0.0514. The molecule has 0 amide bonds. The molecule has 0 radical (unpaired) electrons. The molecule has 0 aliphatic rings.